The highest BCUT2D eigenvalue weighted by Crippen LogP contribution is 2.30. The van der Waals surface area contributed by atoms with Crippen molar-refractivity contribution in [1.29, 1.82) is 0 Å². The summed E-state index contributed by atoms with van der Waals surface area (Å²) in [6, 6.07) is 9.87. The third-order valence-corrected chi connectivity index (χ3v) is 8.23. The summed E-state index contributed by atoms with van der Waals surface area (Å²) in [6.45, 7) is 4.70. The molecule has 0 radical (unpaired) electrons. The molecule has 0 aliphatic carbocycles. The summed E-state index contributed by atoms with van der Waals surface area (Å²) in [5.74, 6) is 0.802. The first-order valence-electron chi connectivity index (χ1n) is 12.2. The second-order valence-electron chi connectivity index (χ2n) is 9.36. The van der Waals surface area contributed by atoms with Gasteiger partial charge in [-0.25, -0.2) is 4.98 Å². The van der Waals surface area contributed by atoms with Crippen molar-refractivity contribution in [2.75, 3.05) is 26.2 Å². The number of rotatable bonds is 4. The number of aromatic nitrogens is 2. The Kier molecular flexibility index (Phi) is 6.50. The molecule has 178 valence electrons. The highest BCUT2D eigenvalue weighted by molar-refractivity contribution is 7.20. The molecule has 0 atom stereocenters. The lowest BCUT2D eigenvalue weighted by Gasteiger charge is -2.35. The predicted molar refractivity (Wildman–Crippen MR) is 133 cm³/mol. The van der Waals surface area contributed by atoms with Gasteiger partial charge >= 0.3 is 0 Å². The van der Waals surface area contributed by atoms with E-state index in [1.807, 2.05) is 47.1 Å². The minimum Gasteiger partial charge on any atom is -0.342 e. The number of likely N-dealkylation sites (tertiary alicyclic amines) is 2. The standard InChI is InChI=1S/C26H30N4O3S/c1-17-21-23(31)27-20(16-18-8-4-2-5-9-18)28-24(21)34-22(17)26(33)30-14-10-19(11-15-30)25(32)29-12-6-3-7-13-29/h2,4-5,8-9,19H,3,6-7,10-16H2,1H3,(H,27,28,31). The fourth-order valence-electron chi connectivity index (χ4n) is 5.11. The second kappa shape index (κ2) is 9.70. The van der Waals surface area contributed by atoms with Gasteiger partial charge < -0.3 is 14.8 Å². The van der Waals surface area contributed by atoms with E-state index in [9.17, 15) is 14.4 Å². The normalized spacial score (nSPS) is 17.3. The summed E-state index contributed by atoms with van der Waals surface area (Å²) in [5, 5.41) is 0.500. The lowest BCUT2D eigenvalue weighted by atomic mass is 9.94. The monoisotopic (exact) mass is 478 g/mol. The number of hydrogen-bond donors (Lipinski definition) is 1. The maximum Gasteiger partial charge on any atom is 0.264 e. The van der Waals surface area contributed by atoms with Gasteiger partial charge in [0.15, 0.2) is 0 Å². The van der Waals surface area contributed by atoms with Crippen molar-refractivity contribution in [2.24, 2.45) is 5.92 Å². The maximum absolute atomic E-state index is 13.4. The van der Waals surface area contributed by atoms with Gasteiger partial charge in [0.2, 0.25) is 5.91 Å². The Morgan fingerprint density at radius 3 is 2.44 bits per heavy atom. The third-order valence-electron chi connectivity index (χ3n) is 7.06. The van der Waals surface area contributed by atoms with Gasteiger partial charge in [0.1, 0.15) is 10.7 Å². The molecule has 2 amide bonds. The van der Waals surface area contributed by atoms with Crippen LogP contribution >= 0.6 is 11.3 Å². The minimum absolute atomic E-state index is 0.00992. The van der Waals surface area contributed by atoms with E-state index in [0.717, 1.165) is 31.5 Å². The first kappa shape index (κ1) is 22.8. The fraction of sp³-hybridized carbons (Fsp3) is 0.462. The van der Waals surface area contributed by atoms with Crippen LogP contribution in [0.25, 0.3) is 10.2 Å². The molecule has 3 aromatic rings. The molecule has 0 spiro atoms. The molecule has 1 aromatic carbocycles. The molecular formula is C26H30N4O3S. The van der Waals surface area contributed by atoms with E-state index in [2.05, 4.69) is 9.97 Å². The first-order chi connectivity index (χ1) is 16.5. The molecule has 2 saturated heterocycles. The van der Waals surface area contributed by atoms with Crippen molar-refractivity contribution in [2.45, 2.75) is 45.4 Å². The molecule has 0 bridgehead atoms. The molecule has 1 N–H and O–H groups in total. The Balaban J connectivity index is 1.30. The van der Waals surface area contributed by atoms with E-state index in [1.165, 1.54) is 17.8 Å². The Morgan fingerprint density at radius 1 is 1.03 bits per heavy atom. The van der Waals surface area contributed by atoms with Gasteiger partial charge in [-0.2, -0.15) is 0 Å². The van der Waals surface area contributed by atoms with Crippen molar-refractivity contribution in [3.63, 3.8) is 0 Å². The number of nitrogens with one attached hydrogen (secondary N) is 1. The van der Waals surface area contributed by atoms with Gasteiger partial charge in [-0.05, 0) is 50.2 Å². The number of thiophene rings is 1. The quantitative estimate of drug-likeness (QED) is 0.619. The van der Waals surface area contributed by atoms with Crippen LogP contribution in [-0.2, 0) is 11.2 Å². The highest BCUT2D eigenvalue weighted by Gasteiger charge is 2.32. The Morgan fingerprint density at radius 2 is 1.74 bits per heavy atom. The summed E-state index contributed by atoms with van der Waals surface area (Å²) in [6.07, 6.45) is 5.32. The zero-order valence-corrected chi connectivity index (χ0v) is 20.3. The summed E-state index contributed by atoms with van der Waals surface area (Å²) in [5.41, 5.74) is 1.56. The van der Waals surface area contributed by atoms with Gasteiger partial charge in [-0.3, -0.25) is 14.4 Å². The van der Waals surface area contributed by atoms with Crippen molar-refractivity contribution in [3.8, 4) is 0 Å². The maximum atomic E-state index is 13.4. The number of carbonyl (C=O) groups is 2. The minimum atomic E-state index is -0.199. The molecule has 8 heteroatoms. The van der Waals surface area contributed by atoms with Crippen molar-refractivity contribution in [1.82, 2.24) is 19.8 Å². The van der Waals surface area contributed by atoms with E-state index >= 15 is 0 Å². The second-order valence-corrected chi connectivity index (χ2v) is 10.4. The molecule has 7 nitrogen and oxygen atoms in total. The number of aryl methyl sites for hydroxylation is 1. The molecule has 34 heavy (non-hydrogen) atoms. The van der Waals surface area contributed by atoms with Crippen LogP contribution in [0.4, 0.5) is 0 Å². The first-order valence-corrected chi connectivity index (χ1v) is 13.0. The fourth-order valence-corrected chi connectivity index (χ4v) is 6.28. The van der Waals surface area contributed by atoms with E-state index in [4.69, 9.17) is 0 Å². The topological polar surface area (TPSA) is 86.4 Å². The zero-order valence-electron chi connectivity index (χ0n) is 19.5. The zero-order chi connectivity index (χ0) is 23.7. The van der Waals surface area contributed by atoms with Gasteiger partial charge in [-0.15, -0.1) is 11.3 Å². The average Bonchev–Trinajstić information content (AvgIpc) is 3.21. The predicted octanol–water partition coefficient (Wildman–Crippen LogP) is 3.75. The molecule has 2 aromatic heterocycles. The number of piperidine rings is 2. The summed E-state index contributed by atoms with van der Waals surface area (Å²) in [4.78, 5) is 51.6. The van der Waals surface area contributed by atoms with Crippen LogP contribution in [0.1, 0.15) is 58.7 Å². The largest absolute Gasteiger partial charge is 0.342 e. The number of amides is 2. The molecule has 4 heterocycles. The molecular weight excluding hydrogens is 448 g/mol. The molecule has 5 rings (SSSR count). The van der Waals surface area contributed by atoms with E-state index in [0.29, 0.717) is 58.8 Å². The molecule has 2 aliphatic heterocycles. The van der Waals surface area contributed by atoms with Crippen LogP contribution in [0.3, 0.4) is 0 Å². The molecule has 2 aliphatic rings. The van der Waals surface area contributed by atoms with Crippen molar-refractivity contribution >= 4 is 33.4 Å². The lowest BCUT2D eigenvalue weighted by Crippen LogP contribution is -2.45. The van der Waals surface area contributed by atoms with Gasteiger partial charge in [-0.1, -0.05) is 30.3 Å². The highest BCUT2D eigenvalue weighted by atomic mass is 32.1. The smallest absolute Gasteiger partial charge is 0.264 e. The third kappa shape index (κ3) is 4.51. The van der Waals surface area contributed by atoms with Crippen LogP contribution in [0, 0.1) is 12.8 Å². The van der Waals surface area contributed by atoms with Crippen molar-refractivity contribution < 1.29 is 9.59 Å². The number of aromatic amines is 1. The number of hydrogen-bond acceptors (Lipinski definition) is 5. The van der Waals surface area contributed by atoms with Crippen LogP contribution in [0.15, 0.2) is 35.1 Å². The molecule has 2 fully saturated rings. The van der Waals surface area contributed by atoms with Crippen LogP contribution in [-0.4, -0.2) is 57.8 Å². The number of benzene rings is 1. The van der Waals surface area contributed by atoms with Crippen LogP contribution < -0.4 is 5.56 Å². The Hall–Kier alpha value is -3.00. The van der Waals surface area contributed by atoms with Gasteiger partial charge in [0.05, 0.1) is 10.3 Å². The van der Waals surface area contributed by atoms with Crippen molar-refractivity contribution in [3.05, 3.63) is 62.5 Å². The molecule has 0 saturated carbocycles. The Labute approximate surface area is 202 Å². The van der Waals surface area contributed by atoms with Gasteiger partial charge in [0.25, 0.3) is 11.5 Å². The number of fused-ring (bicyclic) bond motifs is 1. The number of H-pyrrole nitrogens is 1. The van der Waals surface area contributed by atoms with Crippen LogP contribution in [0.5, 0.6) is 0 Å². The van der Waals surface area contributed by atoms with E-state index in [-0.39, 0.29) is 23.3 Å². The van der Waals surface area contributed by atoms with E-state index in [1.54, 1.807) is 0 Å². The van der Waals surface area contributed by atoms with Crippen LogP contribution in [0.2, 0.25) is 0 Å². The summed E-state index contributed by atoms with van der Waals surface area (Å²) in [7, 11) is 0. The van der Waals surface area contributed by atoms with Gasteiger partial charge in [0, 0.05) is 38.5 Å². The number of carbonyl (C=O) groups excluding carboxylic acids is 2. The lowest BCUT2D eigenvalue weighted by molar-refractivity contribution is -0.137. The Bertz CT molecular complexity index is 1250. The SMILES string of the molecule is Cc1c(C(=O)N2CCC(C(=O)N3CCCCC3)CC2)sc2nc(Cc3ccccc3)[nH]c(=O)c12. The number of nitrogens with zero attached hydrogens (tertiary/aromatic N) is 3. The summed E-state index contributed by atoms with van der Waals surface area (Å²) >= 11 is 1.30. The van der Waals surface area contributed by atoms with E-state index < -0.39 is 0 Å². The summed E-state index contributed by atoms with van der Waals surface area (Å²) < 4.78 is 0. The molecule has 0 unspecified atom stereocenters. The average molecular weight is 479 g/mol.